The fourth-order valence-corrected chi connectivity index (χ4v) is 3.73. The van der Waals surface area contributed by atoms with Crippen molar-refractivity contribution in [2.75, 3.05) is 12.3 Å². The monoisotopic (exact) mass is 318 g/mol. The molecule has 0 radical (unpaired) electrons. The molecule has 1 atom stereocenters. The first-order valence-corrected chi connectivity index (χ1v) is 8.27. The molecule has 1 fully saturated rings. The zero-order chi connectivity index (χ0) is 15.0. The van der Waals surface area contributed by atoms with E-state index in [1.807, 2.05) is 13.8 Å². The zero-order valence-corrected chi connectivity index (χ0v) is 13.1. The van der Waals surface area contributed by atoms with Gasteiger partial charge in [0.05, 0.1) is 21.2 Å². The smallest absolute Gasteiger partial charge is 0.240 e. The lowest BCUT2D eigenvalue weighted by Gasteiger charge is -2.35. The Morgan fingerprint density at radius 3 is 2.75 bits per heavy atom. The molecule has 1 unspecified atom stereocenters. The fourth-order valence-electron chi connectivity index (χ4n) is 2.31. The van der Waals surface area contributed by atoms with Crippen LogP contribution in [0.2, 0.25) is 5.02 Å². The molecule has 1 heterocycles. The average molecular weight is 319 g/mol. The van der Waals surface area contributed by atoms with E-state index >= 15 is 0 Å². The Morgan fingerprint density at radius 2 is 2.15 bits per heavy atom. The van der Waals surface area contributed by atoms with Crippen LogP contribution in [0.25, 0.3) is 0 Å². The van der Waals surface area contributed by atoms with Crippen LogP contribution in [0.1, 0.15) is 26.7 Å². The highest BCUT2D eigenvalue weighted by Gasteiger charge is 2.31. The van der Waals surface area contributed by atoms with Crippen LogP contribution in [-0.2, 0) is 14.8 Å². The molecule has 0 amide bonds. The lowest BCUT2D eigenvalue weighted by atomic mass is 9.95. The Hall–Kier alpha value is -0.820. The van der Waals surface area contributed by atoms with Crippen LogP contribution in [0.15, 0.2) is 23.1 Å². The van der Waals surface area contributed by atoms with Crippen molar-refractivity contribution in [3.05, 3.63) is 23.2 Å². The number of anilines is 1. The summed E-state index contributed by atoms with van der Waals surface area (Å²) < 4.78 is 32.9. The lowest BCUT2D eigenvalue weighted by Crippen LogP contribution is -2.45. The zero-order valence-electron chi connectivity index (χ0n) is 11.5. The van der Waals surface area contributed by atoms with Gasteiger partial charge in [0, 0.05) is 12.6 Å². The summed E-state index contributed by atoms with van der Waals surface area (Å²) in [4.78, 5) is 0.128. The van der Waals surface area contributed by atoms with Crippen molar-refractivity contribution >= 4 is 27.3 Å². The second-order valence-electron chi connectivity index (χ2n) is 5.60. The first-order chi connectivity index (χ1) is 9.20. The number of nitrogens with one attached hydrogen (secondary N) is 1. The van der Waals surface area contributed by atoms with Gasteiger partial charge in [-0.15, -0.1) is 0 Å². The molecule has 1 aliphatic rings. The Kier molecular flexibility index (Phi) is 4.30. The molecule has 20 heavy (non-hydrogen) atoms. The van der Waals surface area contributed by atoms with E-state index in [-0.39, 0.29) is 22.2 Å². The highest BCUT2D eigenvalue weighted by Crippen LogP contribution is 2.26. The Labute approximate surface area is 124 Å². The fraction of sp³-hybridized carbons (Fsp3) is 0.538. The molecule has 0 aromatic heterocycles. The van der Waals surface area contributed by atoms with Crippen molar-refractivity contribution in [3.63, 3.8) is 0 Å². The summed E-state index contributed by atoms with van der Waals surface area (Å²) in [7, 11) is -3.59. The van der Waals surface area contributed by atoms with Gasteiger partial charge < -0.3 is 10.5 Å². The molecule has 1 aromatic carbocycles. The molecule has 0 aliphatic carbocycles. The maximum atomic E-state index is 12.3. The Balaban J connectivity index is 2.16. The number of nitrogens with two attached hydrogens (primary N) is 1. The first kappa shape index (κ1) is 15.6. The van der Waals surface area contributed by atoms with Crippen LogP contribution in [0.4, 0.5) is 5.69 Å². The van der Waals surface area contributed by atoms with Gasteiger partial charge >= 0.3 is 0 Å². The third-order valence-corrected chi connectivity index (χ3v) is 5.16. The standard InChI is InChI=1S/C13H19ClN2O3S/c1-13(2)8-9(5-6-19-13)16-20(17,18)10-3-4-11(14)12(15)7-10/h3-4,7,9,16H,5-6,8,15H2,1-2H3. The lowest BCUT2D eigenvalue weighted by molar-refractivity contribution is -0.0599. The van der Waals surface area contributed by atoms with E-state index in [1.54, 1.807) is 0 Å². The second-order valence-corrected chi connectivity index (χ2v) is 7.72. The van der Waals surface area contributed by atoms with Gasteiger partial charge in [0.15, 0.2) is 0 Å². The van der Waals surface area contributed by atoms with Gasteiger partial charge in [0.25, 0.3) is 0 Å². The number of rotatable bonds is 3. The van der Waals surface area contributed by atoms with Crippen molar-refractivity contribution in [2.24, 2.45) is 0 Å². The van der Waals surface area contributed by atoms with Crippen LogP contribution in [0.3, 0.4) is 0 Å². The molecule has 3 N–H and O–H groups in total. The van der Waals surface area contributed by atoms with Gasteiger partial charge in [0.1, 0.15) is 0 Å². The number of nitrogen functional groups attached to an aromatic ring is 1. The van der Waals surface area contributed by atoms with Gasteiger partial charge in [0.2, 0.25) is 10.0 Å². The van der Waals surface area contributed by atoms with Crippen molar-refractivity contribution < 1.29 is 13.2 Å². The van der Waals surface area contributed by atoms with E-state index in [2.05, 4.69) is 4.72 Å². The number of ether oxygens (including phenoxy) is 1. The third-order valence-electron chi connectivity index (χ3n) is 3.30. The summed E-state index contributed by atoms with van der Waals surface area (Å²) in [6.07, 6.45) is 1.29. The summed E-state index contributed by atoms with van der Waals surface area (Å²) in [5, 5.41) is 0.344. The number of halogens is 1. The predicted octanol–water partition coefficient (Wildman–Crippen LogP) is 2.16. The second kappa shape index (κ2) is 5.52. The molecule has 5 nitrogen and oxygen atoms in total. The molecule has 112 valence electrons. The Morgan fingerprint density at radius 1 is 1.45 bits per heavy atom. The van der Waals surface area contributed by atoms with E-state index < -0.39 is 10.0 Å². The summed E-state index contributed by atoms with van der Waals surface area (Å²) >= 11 is 5.80. The van der Waals surface area contributed by atoms with Crippen molar-refractivity contribution in [3.8, 4) is 0 Å². The summed E-state index contributed by atoms with van der Waals surface area (Å²) in [5.41, 5.74) is 5.59. The quantitative estimate of drug-likeness (QED) is 0.837. The molecule has 7 heteroatoms. The van der Waals surface area contributed by atoms with Crippen molar-refractivity contribution in [2.45, 2.75) is 43.2 Å². The van der Waals surface area contributed by atoms with Crippen LogP contribution in [0, 0.1) is 0 Å². The third kappa shape index (κ3) is 3.63. The molecule has 2 rings (SSSR count). The molecular formula is C13H19ClN2O3S. The maximum absolute atomic E-state index is 12.3. The minimum absolute atomic E-state index is 0.128. The minimum Gasteiger partial charge on any atom is -0.397 e. The molecule has 1 aromatic rings. The number of hydrogen-bond donors (Lipinski definition) is 2. The van der Waals surface area contributed by atoms with Gasteiger partial charge in [-0.25, -0.2) is 13.1 Å². The predicted molar refractivity (Wildman–Crippen MR) is 79.2 cm³/mol. The minimum atomic E-state index is -3.59. The van der Waals surface area contributed by atoms with Crippen LogP contribution >= 0.6 is 11.6 Å². The summed E-state index contributed by atoms with van der Waals surface area (Å²) in [6, 6.07) is 4.17. The van der Waals surface area contributed by atoms with E-state index in [1.165, 1.54) is 18.2 Å². The van der Waals surface area contributed by atoms with Gasteiger partial charge in [-0.05, 0) is 44.9 Å². The maximum Gasteiger partial charge on any atom is 0.240 e. The first-order valence-electron chi connectivity index (χ1n) is 6.41. The molecule has 0 bridgehead atoms. The van der Waals surface area contributed by atoms with Crippen LogP contribution < -0.4 is 10.5 Å². The number of sulfonamides is 1. The van der Waals surface area contributed by atoms with Gasteiger partial charge in [-0.2, -0.15) is 0 Å². The van der Waals surface area contributed by atoms with Crippen molar-refractivity contribution in [1.29, 1.82) is 0 Å². The highest BCUT2D eigenvalue weighted by molar-refractivity contribution is 7.89. The molecule has 0 spiro atoms. The number of benzene rings is 1. The summed E-state index contributed by atoms with van der Waals surface area (Å²) in [5.74, 6) is 0. The normalized spacial score (nSPS) is 22.6. The Bertz CT molecular complexity index is 602. The van der Waals surface area contributed by atoms with E-state index in [9.17, 15) is 8.42 Å². The van der Waals surface area contributed by atoms with Gasteiger partial charge in [-0.1, -0.05) is 11.6 Å². The van der Waals surface area contributed by atoms with E-state index in [4.69, 9.17) is 22.1 Å². The van der Waals surface area contributed by atoms with Gasteiger partial charge in [-0.3, -0.25) is 0 Å². The number of hydrogen-bond acceptors (Lipinski definition) is 4. The molecule has 0 saturated carbocycles. The van der Waals surface area contributed by atoms with E-state index in [0.29, 0.717) is 24.5 Å². The van der Waals surface area contributed by atoms with Crippen LogP contribution in [-0.4, -0.2) is 26.7 Å². The molecule has 1 aliphatic heterocycles. The topological polar surface area (TPSA) is 81.4 Å². The van der Waals surface area contributed by atoms with E-state index in [0.717, 1.165) is 0 Å². The largest absolute Gasteiger partial charge is 0.397 e. The average Bonchev–Trinajstić information content (AvgIpc) is 2.30. The molecular weight excluding hydrogens is 300 g/mol. The highest BCUT2D eigenvalue weighted by atomic mass is 35.5. The van der Waals surface area contributed by atoms with Crippen LogP contribution in [0.5, 0.6) is 0 Å². The SMILES string of the molecule is CC1(C)CC(NS(=O)(=O)c2ccc(Cl)c(N)c2)CCO1. The van der Waals surface area contributed by atoms with Crippen molar-refractivity contribution in [1.82, 2.24) is 4.72 Å². The molecule has 1 saturated heterocycles. The summed E-state index contributed by atoms with van der Waals surface area (Å²) in [6.45, 7) is 4.45.